The Labute approximate surface area is 113 Å². The van der Waals surface area contributed by atoms with Crippen LogP contribution < -0.4 is 0 Å². The number of aliphatic hydroxyl groups excluding tert-OH is 1. The van der Waals surface area contributed by atoms with E-state index < -0.39 is 6.10 Å². The molecular formula is C13H19Cl2NO. The van der Waals surface area contributed by atoms with E-state index in [1.165, 1.54) is 5.56 Å². The van der Waals surface area contributed by atoms with Crippen LogP contribution in [-0.2, 0) is 6.54 Å². The van der Waals surface area contributed by atoms with Gasteiger partial charge in [-0.3, -0.25) is 4.90 Å². The number of hydrogen-bond acceptors (Lipinski definition) is 2. The predicted octanol–water partition coefficient (Wildman–Crippen LogP) is 2.72. The molecule has 1 aromatic carbocycles. The molecule has 1 unspecified atom stereocenters. The molecule has 0 radical (unpaired) electrons. The Balaban J connectivity index is 2.50. The molecule has 1 rings (SSSR count). The fourth-order valence-corrected chi connectivity index (χ4v) is 1.92. The van der Waals surface area contributed by atoms with Gasteiger partial charge in [0, 0.05) is 24.8 Å². The Kier molecular flexibility index (Phi) is 7.62. The highest BCUT2D eigenvalue weighted by molar-refractivity contribution is 6.18. The van der Waals surface area contributed by atoms with Gasteiger partial charge in [-0.05, 0) is 18.5 Å². The lowest BCUT2D eigenvalue weighted by atomic mass is 10.2. The lowest BCUT2D eigenvalue weighted by Crippen LogP contribution is -2.33. The summed E-state index contributed by atoms with van der Waals surface area (Å²) in [5, 5.41) is 9.60. The second-order valence-electron chi connectivity index (χ2n) is 4.07. The number of aliphatic hydroxyl groups is 1. The molecule has 17 heavy (non-hydrogen) atoms. The van der Waals surface area contributed by atoms with Crippen molar-refractivity contribution in [1.82, 2.24) is 4.90 Å². The van der Waals surface area contributed by atoms with E-state index in [-0.39, 0.29) is 5.88 Å². The van der Waals surface area contributed by atoms with Crippen LogP contribution in [0.1, 0.15) is 12.0 Å². The second-order valence-corrected chi connectivity index (χ2v) is 4.76. The average Bonchev–Trinajstić information content (AvgIpc) is 2.37. The Morgan fingerprint density at radius 2 is 1.88 bits per heavy atom. The third-order valence-electron chi connectivity index (χ3n) is 2.50. The Hall–Kier alpha value is -0.280. The van der Waals surface area contributed by atoms with Crippen LogP contribution in [0.4, 0.5) is 0 Å². The first kappa shape index (κ1) is 14.8. The number of rotatable bonds is 8. The van der Waals surface area contributed by atoms with Crippen LogP contribution in [0, 0.1) is 0 Å². The number of benzene rings is 1. The molecule has 4 heteroatoms. The summed E-state index contributed by atoms with van der Waals surface area (Å²) < 4.78 is 0. The summed E-state index contributed by atoms with van der Waals surface area (Å²) in [5.74, 6) is 0.911. The Bertz CT molecular complexity index is 295. The number of halogens is 2. The summed E-state index contributed by atoms with van der Waals surface area (Å²) in [6.45, 7) is 2.30. The van der Waals surface area contributed by atoms with Crippen molar-refractivity contribution in [3.05, 3.63) is 35.9 Å². The van der Waals surface area contributed by atoms with E-state index in [2.05, 4.69) is 17.0 Å². The van der Waals surface area contributed by atoms with Gasteiger partial charge >= 0.3 is 0 Å². The third kappa shape index (κ3) is 6.27. The van der Waals surface area contributed by atoms with Gasteiger partial charge in [-0.25, -0.2) is 0 Å². The number of hydrogen-bond donors (Lipinski definition) is 1. The standard InChI is InChI=1S/C13H19Cl2NO/c14-7-4-8-16(11-13(17)9-15)10-12-5-2-1-3-6-12/h1-3,5-6,13,17H,4,7-11H2. The highest BCUT2D eigenvalue weighted by Gasteiger charge is 2.11. The first-order chi connectivity index (χ1) is 8.26. The van der Waals surface area contributed by atoms with Crippen molar-refractivity contribution >= 4 is 23.2 Å². The molecule has 0 saturated heterocycles. The molecular weight excluding hydrogens is 257 g/mol. The first-order valence-corrected chi connectivity index (χ1v) is 6.89. The van der Waals surface area contributed by atoms with E-state index in [4.69, 9.17) is 23.2 Å². The molecule has 1 aromatic rings. The lowest BCUT2D eigenvalue weighted by Gasteiger charge is -2.24. The Morgan fingerprint density at radius 3 is 2.47 bits per heavy atom. The van der Waals surface area contributed by atoms with E-state index in [0.717, 1.165) is 19.5 Å². The van der Waals surface area contributed by atoms with Crippen LogP contribution in [0.2, 0.25) is 0 Å². The molecule has 0 aliphatic rings. The molecule has 96 valence electrons. The van der Waals surface area contributed by atoms with Gasteiger partial charge in [0.1, 0.15) is 0 Å². The quantitative estimate of drug-likeness (QED) is 0.738. The highest BCUT2D eigenvalue weighted by atomic mass is 35.5. The highest BCUT2D eigenvalue weighted by Crippen LogP contribution is 2.07. The van der Waals surface area contributed by atoms with Gasteiger partial charge in [-0.1, -0.05) is 30.3 Å². The average molecular weight is 276 g/mol. The molecule has 0 saturated carbocycles. The van der Waals surface area contributed by atoms with Gasteiger partial charge in [0.15, 0.2) is 0 Å². The van der Waals surface area contributed by atoms with Crippen molar-refractivity contribution in [2.75, 3.05) is 24.8 Å². The maximum atomic E-state index is 9.60. The van der Waals surface area contributed by atoms with Gasteiger partial charge < -0.3 is 5.11 Å². The van der Waals surface area contributed by atoms with Gasteiger partial charge in [-0.15, -0.1) is 23.2 Å². The fourth-order valence-electron chi connectivity index (χ4n) is 1.71. The van der Waals surface area contributed by atoms with Crippen molar-refractivity contribution in [1.29, 1.82) is 0 Å². The molecule has 0 bridgehead atoms. The maximum absolute atomic E-state index is 9.60. The monoisotopic (exact) mass is 275 g/mol. The molecule has 2 nitrogen and oxygen atoms in total. The number of nitrogens with zero attached hydrogens (tertiary/aromatic N) is 1. The van der Waals surface area contributed by atoms with Crippen molar-refractivity contribution in [3.63, 3.8) is 0 Å². The van der Waals surface area contributed by atoms with Crippen molar-refractivity contribution in [2.45, 2.75) is 19.1 Å². The molecule has 0 aliphatic heterocycles. The molecule has 0 fully saturated rings. The topological polar surface area (TPSA) is 23.5 Å². The fraction of sp³-hybridized carbons (Fsp3) is 0.538. The zero-order chi connectivity index (χ0) is 12.5. The van der Waals surface area contributed by atoms with Gasteiger partial charge in [-0.2, -0.15) is 0 Å². The zero-order valence-corrected chi connectivity index (χ0v) is 11.4. The summed E-state index contributed by atoms with van der Waals surface area (Å²) in [6, 6.07) is 10.2. The van der Waals surface area contributed by atoms with E-state index in [1.54, 1.807) is 0 Å². The molecule has 1 N–H and O–H groups in total. The van der Waals surface area contributed by atoms with Gasteiger partial charge in [0.05, 0.1) is 6.10 Å². The summed E-state index contributed by atoms with van der Waals surface area (Å²) >= 11 is 11.3. The van der Waals surface area contributed by atoms with Crippen LogP contribution in [0.5, 0.6) is 0 Å². The van der Waals surface area contributed by atoms with E-state index >= 15 is 0 Å². The van der Waals surface area contributed by atoms with Crippen LogP contribution >= 0.6 is 23.2 Å². The molecule has 0 aliphatic carbocycles. The SMILES string of the molecule is OC(CCl)CN(CCCCl)Cc1ccccc1. The van der Waals surface area contributed by atoms with Crippen LogP contribution in [-0.4, -0.2) is 41.0 Å². The normalized spacial score (nSPS) is 12.9. The number of alkyl halides is 2. The lowest BCUT2D eigenvalue weighted by molar-refractivity contribution is 0.125. The minimum absolute atomic E-state index is 0.270. The van der Waals surface area contributed by atoms with Crippen molar-refractivity contribution < 1.29 is 5.11 Å². The van der Waals surface area contributed by atoms with Crippen LogP contribution in [0.15, 0.2) is 30.3 Å². The minimum atomic E-state index is -0.476. The minimum Gasteiger partial charge on any atom is -0.391 e. The summed E-state index contributed by atoms with van der Waals surface area (Å²) in [4.78, 5) is 2.19. The third-order valence-corrected chi connectivity index (χ3v) is 3.13. The smallest absolute Gasteiger partial charge is 0.0802 e. The second kappa shape index (κ2) is 8.76. The summed E-state index contributed by atoms with van der Waals surface area (Å²) in [5.41, 5.74) is 1.24. The van der Waals surface area contributed by atoms with Gasteiger partial charge in [0.2, 0.25) is 0 Å². The zero-order valence-electron chi connectivity index (χ0n) is 9.86. The van der Waals surface area contributed by atoms with Crippen molar-refractivity contribution in [2.24, 2.45) is 0 Å². The van der Waals surface area contributed by atoms with E-state index in [9.17, 15) is 5.11 Å². The molecule has 1 atom stereocenters. The summed E-state index contributed by atoms with van der Waals surface area (Å²) in [6.07, 6.45) is 0.444. The van der Waals surface area contributed by atoms with E-state index in [1.807, 2.05) is 18.2 Å². The maximum Gasteiger partial charge on any atom is 0.0802 e. The molecule has 0 heterocycles. The van der Waals surface area contributed by atoms with E-state index in [0.29, 0.717) is 12.4 Å². The Morgan fingerprint density at radius 1 is 1.18 bits per heavy atom. The first-order valence-electron chi connectivity index (χ1n) is 5.82. The molecule has 0 aromatic heterocycles. The molecule has 0 amide bonds. The predicted molar refractivity (Wildman–Crippen MR) is 73.8 cm³/mol. The van der Waals surface area contributed by atoms with Gasteiger partial charge in [0.25, 0.3) is 0 Å². The van der Waals surface area contributed by atoms with Crippen molar-refractivity contribution in [3.8, 4) is 0 Å². The van der Waals surface area contributed by atoms with Crippen LogP contribution in [0.25, 0.3) is 0 Å². The van der Waals surface area contributed by atoms with Crippen LogP contribution in [0.3, 0.4) is 0 Å². The summed E-state index contributed by atoms with van der Waals surface area (Å²) in [7, 11) is 0. The molecule has 0 spiro atoms. The largest absolute Gasteiger partial charge is 0.391 e.